The number of benzene rings is 3. The number of anilines is 1. The van der Waals surface area contributed by atoms with Gasteiger partial charge in [-0.3, -0.25) is 0 Å². The zero-order valence-corrected chi connectivity index (χ0v) is 18.3. The van der Waals surface area contributed by atoms with Gasteiger partial charge in [0.15, 0.2) is 11.5 Å². The van der Waals surface area contributed by atoms with E-state index < -0.39 is 0 Å². The number of pyridine rings is 1. The largest absolute Gasteiger partial charge is 0.368 e. The van der Waals surface area contributed by atoms with Crippen LogP contribution in [0, 0.1) is 0 Å². The minimum atomic E-state index is 0.178. The lowest BCUT2D eigenvalue weighted by Crippen LogP contribution is -2.15. The van der Waals surface area contributed by atoms with E-state index in [0.29, 0.717) is 18.0 Å². The van der Waals surface area contributed by atoms with E-state index in [4.69, 9.17) is 9.97 Å². The highest BCUT2D eigenvalue weighted by Crippen LogP contribution is 2.28. The van der Waals surface area contributed by atoms with Crippen LogP contribution in [0.4, 0.5) is 5.82 Å². The van der Waals surface area contributed by atoms with E-state index in [-0.39, 0.29) is 5.92 Å². The standard InChI is InChI=1S/C27H21N7/c1-3-9-19(10-4-1)23(20-11-5-2-6-12-20)17-28-27-22-13-7-8-14-24(22)29-26(30-27)21-15-16-25-31-32-33-34(25)18-21/h1-16,18,23H,17H2,(H,28,29,30). The summed E-state index contributed by atoms with van der Waals surface area (Å²) in [6.45, 7) is 0.695. The molecular weight excluding hydrogens is 422 g/mol. The van der Waals surface area contributed by atoms with E-state index in [9.17, 15) is 0 Å². The maximum atomic E-state index is 4.92. The molecule has 0 fully saturated rings. The molecule has 164 valence electrons. The van der Waals surface area contributed by atoms with Gasteiger partial charge in [0.2, 0.25) is 0 Å². The first kappa shape index (κ1) is 20.0. The number of aromatic nitrogens is 6. The van der Waals surface area contributed by atoms with Crippen LogP contribution in [-0.4, -0.2) is 36.6 Å². The van der Waals surface area contributed by atoms with Crippen LogP contribution in [0.5, 0.6) is 0 Å². The third-order valence-corrected chi connectivity index (χ3v) is 5.93. The van der Waals surface area contributed by atoms with Crippen molar-refractivity contribution in [3.05, 3.63) is 114 Å². The molecule has 3 aromatic carbocycles. The number of fused-ring (bicyclic) bond motifs is 2. The van der Waals surface area contributed by atoms with E-state index in [1.807, 2.05) is 54.7 Å². The molecule has 1 N–H and O–H groups in total. The monoisotopic (exact) mass is 443 g/mol. The Kier molecular flexibility index (Phi) is 5.12. The van der Waals surface area contributed by atoms with Crippen LogP contribution in [-0.2, 0) is 0 Å². The number of nitrogens with one attached hydrogen (secondary N) is 1. The van der Waals surface area contributed by atoms with Crippen molar-refractivity contribution in [1.29, 1.82) is 0 Å². The highest BCUT2D eigenvalue weighted by molar-refractivity contribution is 5.90. The Morgan fingerprint density at radius 2 is 1.44 bits per heavy atom. The fourth-order valence-electron chi connectivity index (χ4n) is 4.21. The Labute approximate surface area is 196 Å². The van der Waals surface area contributed by atoms with Crippen molar-refractivity contribution < 1.29 is 0 Å². The zero-order valence-electron chi connectivity index (χ0n) is 18.3. The summed E-state index contributed by atoms with van der Waals surface area (Å²) in [5.41, 5.74) is 4.91. The van der Waals surface area contributed by atoms with Crippen molar-refractivity contribution in [3.63, 3.8) is 0 Å². The Hall–Kier alpha value is -4.65. The molecule has 6 aromatic rings. The van der Waals surface area contributed by atoms with Gasteiger partial charge in [-0.2, -0.15) is 4.52 Å². The number of hydrogen-bond donors (Lipinski definition) is 1. The second kappa shape index (κ2) is 8.71. The van der Waals surface area contributed by atoms with Crippen LogP contribution < -0.4 is 5.32 Å². The van der Waals surface area contributed by atoms with Crippen LogP contribution in [0.25, 0.3) is 27.9 Å². The maximum Gasteiger partial charge on any atom is 0.179 e. The molecular formula is C27H21N7. The molecule has 0 saturated heterocycles. The Bertz CT molecular complexity index is 1520. The zero-order chi connectivity index (χ0) is 22.7. The predicted molar refractivity (Wildman–Crippen MR) is 133 cm³/mol. The lowest BCUT2D eigenvalue weighted by molar-refractivity contribution is 0.823. The SMILES string of the molecule is c1ccc(C(CNc2nc(-c3ccc4nnnn4c3)nc3ccccc23)c2ccccc2)cc1. The van der Waals surface area contributed by atoms with Gasteiger partial charge >= 0.3 is 0 Å². The van der Waals surface area contributed by atoms with Crippen LogP contribution in [0.15, 0.2) is 103 Å². The molecule has 0 saturated carbocycles. The summed E-state index contributed by atoms with van der Waals surface area (Å²) in [6.07, 6.45) is 1.85. The number of tetrazole rings is 1. The van der Waals surface area contributed by atoms with Gasteiger partial charge in [-0.05, 0) is 45.8 Å². The Morgan fingerprint density at radius 1 is 0.735 bits per heavy atom. The Balaban J connectivity index is 1.40. The summed E-state index contributed by atoms with van der Waals surface area (Å²) in [5.74, 6) is 1.60. The molecule has 3 heterocycles. The first-order valence-corrected chi connectivity index (χ1v) is 11.1. The van der Waals surface area contributed by atoms with Crippen LogP contribution in [0.3, 0.4) is 0 Å². The van der Waals surface area contributed by atoms with Gasteiger partial charge in [0.25, 0.3) is 0 Å². The minimum absolute atomic E-state index is 0.178. The highest BCUT2D eigenvalue weighted by Gasteiger charge is 2.16. The van der Waals surface area contributed by atoms with Crippen molar-refractivity contribution in [2.75, 3.05) is 11.9 Å². The summed E-state index contributed by atoms with van der Waals surface area (Å²) in [4.78, 5) is 9.73. The normalized spacial score (nSPS) is 11.3. The first-order valence-electron chi connectivity index (χ1n) is 11.1. The van der Waals surface area contributed by atoms with Crippen molar-refractivity contribution in [3.8, 4) is 11.4 Å². The van der Waals surface area contributed by atoms with Crippen molar-refractivity contribution in [2.24, 2.45) is 0 Å². The predicted octanol–water partition coefficient (Wildman–Crippen LogP) is 4.98. The number of nitrogens with zero attached hydrogens (tertiary/aromatic N) is 6. The van der Waals surface area contributed by atoms with Crippen LogP contribution in [0.1, 0.15) is 17.0 Å². The summed E-state index contributed by atoms with van der Waals surface area (Å²) >= 11 is 0. The molecule has 34 heavy (non-hydrogen) atoms. The molecule has 7 nitrogen and oxygen atoms in total. The topological polar surface area (TPSA) is 80.9 Å². The molecule has 0 amide bonds. The minimum Gasteiger partial charge on any atom is -0.368 e. The molecule has 0 spiro atoms. The van der Waals surface area contributed by atoms with E-state index in [0.717, 1.165) is 22.3 Å². The fraction of sp³-hybridized carbons (Fsp3) is 0.0741. The van der Waals surface area contributed by atoms with Crippen molar-refractivity contribution in [2.45, 2.75) is 5.92 Å². The third kappa shape index (κ3) is 3.84. The molecule has 0 radical (unpaired) electrons. The van der Waals surface area contributed by atoms with Crippen LogP contribution >= 0.6 is 0 Å². The van der Waals surface area contributed by atoms with Gasteiger partial charge in [-0.15, -0.1) is 5.10 Å². The molecule has 6 rings (SSSR count). The van der Waals surface area contributed by atoms with Gasteiger partial charge in [-0.1, -0.05) is 72.8 Å². The van der Waals surface area contributed by atoms with Gasteiger partial charge in [0.1, 0.15) is 5.82 Å². The van der Waals surface area contributed by atoms with E-state index in [2.05, 4.69) is 69.4 Å². The van der Waals surface area contributed by atoms with E-state index in [1.54, 1.807) is 4.52 Å². The van der Waals surface area contributed by atoms with Crippen molar-refractivity contribution >= 4 is 22.4 Å². The smallest absolute Gasteiger partial charge is 0.179 e. The number of para-hydroxylation sites is 1. The first-order chi connectivity index (χ1) is 16.8. The molecule has 3 aromatic heterocycles. The number of rotatable bonds is 6. The number of hydrogen-bond acceptors (Lipinski definition) is 6. The molecule has 0 atom stereocenters. The van der Waals surface area contributed by atoms with Gasteiger partial charge < -0.3 is 5.32 Å². The van der Waals surface area contributed by atoms with E-state index in [1.165, 1.54) is 11.1 Å². The van der Waals surface area contributed by atoms with E-state index >= 15 is 0 Å². The van der Waals surface area contributed by atoms with Gasteiger partial charge in [-0.25, -0.2) is 9.97 Å². The quantitative estimate of drug-likeness (QED) is 0.391. The average molecular weight is 444 g/mol. The lowest BCUT2D eigenvalue weighted by atomic mass is 9.91. The van der Waals surface area contributed by atoms with Crippen molar-refractivity contribution in [1.82, 2.24) is 30.0 Å². The molecule has 0 aliphatic rings. The summed E-state index contributed by atoms with van der Waals surface area (Å²) < 4.78 is 1.63. The molecule has 0 unspecified atom stereocenters. The maximum absolute atomic E-state index is 4.92. The molecule has 0 aliphatic carbocycles. The van der Waals surface area contributed by atoms with Gasteiger partial charge in [0.05, 0.1) is 5.52 Å². The average Bonchev–Trinajstić information content (AvgIpc) is 3.38. The molecule has 7 heteroatoms. The third-order valence-electron chi connectivity index (χ3n) is 5.93. The molecule has 0 bridgehead atoms. The van der Waals surface area contributed by atoms with Gasteiger partial charge in [0, 0.05) is 29.6 Å². The summed E-state index contributed by atoms with van der Waals surface area (Å²) in [7, 11) is 0. The highest BCUT2D eigenvalue weighted by atomic mass is 15.5. The van der Waals surface area contributed by atoms with Crippen LogP contribution in [0.2, 0.25) is 0 Å². The Morgan fingerprint density at radius 3 is 2.21 bits per heavy atom. The second-order valence-corrected chi connectivity index (χ2v) is 8.07. The second-order valence-electron chi connectivity index (χ2n) is 8.07. The lowest BCUT2D eigenvalue weighted by Gasteiger charge is -2.20. The fourth-order valence-corrected chi connectivity index (χ4v) is 4.21. The molecule has 0 aliphatic heterocycles. The summed E-state index contributed by atoms with van der Waals surface area (Å²) in [5, 5.41) is 16.3. The summed E-state index contributed by atoms with van der Waals surface area (Å²) in [6, 6.07) is 33.0.